The minimum Gasteiger partial charge on any atom is -0.382 e. The molecule has 0 spiro atoms. The van der Waals surface area contributed by atoms with Crippen LogP contribution in [0.25, 0.3) is 16.9 Å². The fourth-order valence-corrected chi connectivity index (χ4v) is 3.94. The Morgan fingerprint density at radius 2 is 1.94 bits per heavy atom. The van der Waals surface area contributed by atoms with Crippen molar-refractivity contribution in [1.29, 1.82) is 0 Å². The molecule has 4 N–H and O–H groups in total. The summed E-state index contributed by atoms with van der Waals surface area (Å²) >= 11 is 7.58. The van der Waals surface area contributed by atoms with E-state index in [1.165, 1.54) is 0 Å². The van der Waals surface area contributed by atoms with E-state index in [-0.39, 0.29) is 22.9 Å². The summed E-state index contributed by atoms with van der Waals surface area (Å²) in [5.41, 5.74) is 7.09. The summed E-state index contributed by atoms with van der Waals surface area (Å²) in [5.74, 6) is -1.41. The first-order valence-corrected chi connectivity index (χ1v) is 10.8. The molecule has 0 unspecified atom stereocenters. The Morgan fingerprint density at radius 1 is 1.16 bits per heavy atom. The van der Waals surface area contributed by atoms with Gasteiger partial charge in [0.2, 0.25) is 0 Å². The van der Waals surface area contributed by atoms with Gasteiger partial charge < -0.3 is 16.4 Å². The zero-order chi connectivity index (χ0) is 22.7. The van der Waals surface area contributed by atoms with Gasteiger partial charge in [0, 0.05) is 28.1 Å². The van der Waals surface area contributed by atoms with Crippen molar-refractivity contribution in [1.82, 2.24) is 15.1 Å². The van der Waals surface area contributed by atoms with Gasteiger partial charge >= 0.3 is 6.03 Å². The molecular formula is C22H18ClF2N5OS. The summed E-state index contributed by atoms with van der Waals surface area (Å²) in [6.45, 7) is 0.412. The van der Waals surface area contributed by atoms with Crippen molar-refractivity contribution in [2.75, 3.05) is 17.6 Å². The summed E-state index contributed by atoms with van der Waals surface area (Å²) in [7, 11) is 0. The van der Waals surface area contributed by atoms with Crippen LogP contribution in [-0.4, -0.2) is 22.4 Å². The molecule has 32 heavy (non-hydrogen) atoms. The molecule has 2 amide bonds. The molecule has 0 saturated carbocycles. The van der Waals surface area contributed by atoms with E-state index in [0.29, 0.717) is 23.6 Å². The Bertz CT molecular complexity index is 1240. The quantitative estimate of drug-likeness (QED) is 0.346. The molecule has 2 heterocycles. The van der Waals surface area contributed by atoms with Gasteiger partial charge in [-0.1, -0.05) is 29.8 Å². The number of halogens is 3. The lowest BCUT2D eigenvalue weighted by atomic mass is 10.1. The first kappa shape index (κ1) is 21.8. The average Bonchev–Trinajstić information content (AvgIpc) is 3.39. The molecule has 0 aliphatic carbocycles. The van der Waals surface area contributed by atoms with E-state index in [4.69, 9.17) is 17.3 Å². The van der Waals surface area contributed by atoms with E-state index in [0.717, 1.165) is 27.8 Å². The number of aromatic nitrogens is 2. The number of hydrogen-bond donors (Lipinski definition) is 3. The van der Waals surface area contributed by atoms with Gasteiger partial charge in [-0.15, -0.1) is 11.3 Å². The van der Waals surface area contributed by atoms with E-state index in [9.17, 15) is 13.6 Å². The van der Waals surface area contributed by atoms with Gasteiger partial charge in [0.25, 0.3) is 0 Å². The number of thiophene rings is 1. The SMILES string of the molecule is Nc1c(NC(=O)NCCc2cccs2)c(-c2ccc(Cl)cc2)nn1-c1cc(F)ccc1F. The number of anilines is 2. The van der Waals surface area contributed by atoms with Crippen LogP contribution in [0.4, 0.5) is 25.1 Å². The molecular weight excluding hydrogens is 456 g/mol. The van der Waals surface area contributed by atoms with Crippen LogP contribution in [0.5, 0.6) is 0 Å². The zero-order valence-corrected chi connectivity index (χ0v) is 18.2. The third-order valence-corrected chi connectivity index (χ3v) is 5.84. The van der Waals surface area contributed by atoms with Gasteiger partial charge in [0.05, 0.1) is 0 Å². The predicted molar refractivity (Wildman–Crippen MR) is 123 cm³/mol. The second-order valence-electron chi connectivity index (χ2n) is 6.83. The number of benzene rings is 2. The van der Waals surface area contributed by atoms with Crippen LogP contribution in [0.3, 0.4) is 0 Å². The summed E-state index contributed by atoms with van der Waals surface area (Å²) < 4.78 is 29.2. The number of amides is 2. The van der Waals surface area contributed by atoms with E-state index < -0.39 is 17.7 Å². The van der Waals surface area contributed by atoms with Gasteiger partial charge in [-0.05, 0) is 42.1 Å². The lowest BCUT2D eigenvalue weighted by Crippen LogP contribution is -2.30. The third kappa shape index (κ3) is 4.74. The van der Waals surface area contributed by atoms with Gasteiger partial charge in [-0.3, -0.25) is 0 Å². The summed E-state index contributed by atoms with van der Waals surface area (Å²) in [5, 5.41) is 12.3. The number of carbonyl (C=O) groups excluding carboxylic acids is 1. The number of nitrogens with zero attached hydrogens (tertiary/aromatic N) is 2. The highest BCUT2D eigenvalue weighted by molar-refractivity contribution is 7.09. The number of rotatable bonds is 6. The molecule has 164 valence electrons. The zero-order valence-electron chi connectivity index (χ0n) is 16.6. The molecule has 0 aliphatic rings. The minimum atomic E-state index is -0.713. The Balaban J connectivity index is 1.66. The highest BCUT2D eigenvalue weighted by Gasteiger charge is 2.22. The van der Waals surface area contributed by atoms with E-state index in [1.807, 2.05) is 17.5 Å². The third-order valence-electron chi connectivity index (χ3n) is 4.65. The molecule has 6 nitrogen and oxygen atoms in total. The van der Waals surface area contributed by atoms with Crippen molar-refractivity contribution in [2.24, 2.45) is 0 Å². The lowest BCUT2D eigenvalue weighted by Gasteiger charge is -2.09. The van der Waals surface area contributed by atoms with Gasteiger partial charge in [-0.25, -0.2) is 18.3 Å². The van der Waals surface area contributed by atoms with Gasteiger partial charge in [-0.2, -0.15) is 5.10 Å². The predicted octanol–water partition coefficient (Wildman–Crippen LogP) is 5.48. The van der Waals surface area contributed by atoms with Crippen LogP contribution in [0.1, 0.15) is 4.88 Å². The molecule has 0 fully saturated rings. The fourth-order valence-electron chi connectivity index (χ4n) is 3.11. The second kappa shape index (κ2) is 9.37. The maximum absolute atomic E-state index is 14.4. The molecule has 4 rings (SSSR count). The molecule has 0 saturated heterocycles. The lowest BCUT2D eigenvalue weighted by molar-refractivity contribution is 0.252. The Hall–Kier alpha value is -3.43. The van der Waals surface area contributed by atoms with Crippen molar-refractivity contribution in [3.8, 4) is 16.9 Å². The first-order chi connectivity index (χ1) is 15.4. The Labute approximate surface area is 191 Å². The number of nitrogens with one attached hydrogen (secondary N) is 2. The number of nitrogen functional groups attached to an aromatic ring is 1. The largest absolute Gasteiger partial charge is 0.382 e. The molecule has 0 radical (unpaired) electrons. The van der Waals surface area contributed by atoms with E-state index in [2.05, 4.69) is 15.7 Å². The highest BCUT2D eigenvalue weighted by atomic mass is 35.5. The van der Waals surface area contributed by atoms with Crippen molar-refractivity contribution in [3.63, 3.8) is 0 Å². The Morgan fingerprint density at radius 3 is 2.66 bits per heavy atom. The molecule has 2 aromatic carbocycles. The van der Waals surface area contributed by atoms with Crippen LogP contribution >= 0.6 is 22.9 Å². The average molecular weight is 474 g/mol. The van der Waals surface area contributed by atoms with E-state index in [1.54, 1.807) is 35.6 Å². The molecule has 0 atom stereocenters. The summed E-state index contributed by atoms with van der Waals surface area (Å²) in [6.07, 6.45) is 0.679. The topological polar surface area (TPSA) is 85.0 Å². The van der Waals surface area contributed by atoms with Crippen LogP contribution < -0.4 is 16.4 Å². The maximum atomic E-state index is 14.4. The first-order valence-electron chi connectivity index (χ1n) is 9.59. The van der Waals surface area contributed by atoms with Crippen molar-refractivity contribution < 1.29 is 13.6 Å². The highest BCUT2D eigenvalue weighted by Crippen LogP contribution is 2.35. The van der Waals surface area contributed by atoms with Crippen LogP contribution in [0, 0.1) is 11.6 Å². The summed E-state index contributed by atoms with van der Waals surface area (Å²) in [6, 6.07) is 13.1. The van der Waals surface area contributed by atoms with Crippen molar-refractivity contribution in [3.05, 3.63) is 81.5 Å². The number of carbonyl (C=O) groups is 1. The van der Waals surface area contributed by atoms with Crippen LogP contribution in [-0.2, 0) is 6.42 Å². The summed E-state index contributed by atoms with van der Waals surface area (Å²) in [4.78, 5) is 13.7. The van der Waals surface area contributed by atoms with Gasteiger partial charge in [0.1, 0.15) is 28.7 Å². The number of nitrogens with two attached hydrogens (primary N) is 1. The van der Waals surface area contributed by atoms with E-state index >= 15 is 0 Å². The standard InChI is InChI=1S/C22H18ClF2N5OS/c23-14-5-3-13(4-6-14)19-20(28-22(31)27-10-9-16-2-1-11-32-16)21(26)30(29-19)18-12-15(24)7-8-17(18)25/h1-8,11-12H,9-10,26H2,(H2,27,28,31). The number of urea groups is 1. The van der Waals surface area contributed by atoms with Crippen LogP contribution in [0.15, 0.2) is 60.0 Å². The van der Waals surface area contributed by atoms with Crippen LogP contribution in [0.2, 0.25) is 5.02 Å². The molecule has 0 aliphatic heterocycles. The molecule has 2 aromatic heterocycles. The van der Waals surface area contributed by atoms with Crippen molar-refractivity contribution >= 4 is 40.5 Å². The second-order valence-corrected chi connectivity index (χ2v) is 8.30. The van der Waals surface area contributed by atoms with Crippen molar-refractivity contribution in [2.45, 2.75) is 6.42 Å². The monoisotopic (exact) mass is 473 g/mol. The maximum Gasteiger partial charge on any atom is 0.319 e. The Kier molecular flexibility index (Phi) is 6.38. The fraction of sp³-hybridized carbons (Fsp3) is 0.0909. The number of hydrogen-bond acceptors (Lipinski definition) is 4. The molecule has 0 bridgehead atoms. The minimum absolute atomic E-state index is 0.0483. The normalized spacial score (nSPS) is 10.8. The molecule has 4 aromatic rings. The van der Waals surface area contributed by atoms with Gasteiger partial charge in [0.15, 0.2) is 5.82 Å². The smallest absolute Gasteiger partial charge is 0.319 e. The molecule has 10 heteroatoms.